The van der Waals surface area contributed by atoms with Crippen LogP contribution in [0.4, 0.5) is 0 Å². The summed E-state index contributed by atoms with van der Waals surface area (Å²) in [6, 6.07) is 0. The average molecular weight is 140 g/mol. The van der Waals surface area contributed by atoms with Gasteiger partial charge in [-0.2, -0.15) is 0 Å². The molecule has 0 aromatic carbocycles. The molecule has 10 heavy (non-hydrogen) atoms. The first-order valence-corrected chi connectivity index (χ1v) is 4.26. The van der Waals surface area contributed by atoms with Gasteiger partial charge in [0.25, 0.3) is 0 Å². The molecule has 2 heteroatoms. The second kappa shape index (κ2) is 1.95. The van der Waals surface area contributed by atoms with Gasteiger partial charge in [-0.25, -0.2) is 0 Å². The first-order valence-electron chi connectivity index (χ1n) is 4.26. The van der Waals surface area contributed by atoms with Crippen LogP contribution in [0.3, 0.4) is 0 Å². The Morgan fingerprint density at radius 1 is 1.10 bits per heavy atom. The third kappa shape index (κ3) is 0.867. The van der Waals surface area contributed by atoms with E-state index in [-0.39, 0.29) is 5.54 Å². The van der Waals surface area contributed by atoms with Crippen molar-refractivity contribution >= 4 is 0 Å². The van der Waals surface area contributed by atoms with E-state index in [0.29, 0.717) is 6.54 Å². The van der Waals surface area contributed by atoms with E-state index in [1.807, 2.05) is 0 Å². The molecule has 0 aromatic heterocycles. The Bertz CT molecular complexity index is 124. The Morgan fingerprint density at radius 3 is 1.70 bits per heavy atom. The zero-order valence-electron chi connectivity index (χ0n) is 6.34. The van der Waals surface area contributed by atoms with Crippen molar-refractivity contribution in [1.29, 1.82) is 0 Å². The lowest BCUT2D eigenvalue weighted by Crippen LogP contribution is -2.51. The van der Waals surface area contributed by atoms with Crippen molar-refractivity contribution in [2.45, 2.75) is 31.2 Å². The van der Waals surface area contributed by atoms with Gasteiger partial charge in [-0.05, 0) is 37.5 Å². The number of rotatable bonds is 3. The van der Waals surface area contributed by atoms with Gasteiger partial charge >= 0.3 is 0 Å². The minimum atomic E-state index is 0.0417. The molecule has 2 rings (SSSR count). The zero-order chi connectivity index (χ0) is 7.19. The molecular formula is C8H16N2. The fourth-order valence-electron chi connectivity index (χ4n) is 1.91. The van der Waals surface area contributed by atoms with Crippen LogP contribution in [-0.4, -0.2) is 12.1 Å². The Kier molecular flexibility index (Phi) is 1.29. The third-order valence-corrected chi connectivity index (χ3v) is 3.03. The molecule has 2 aliphatic rings. The number of hydrogen-bond donors (Lipinski definition) is 2. The van der Waals surface area contributed by atoms with Gasteiger partial charge in [0.15, 0.2) is 0 Å². The summed E-state index contributed by atoms with van der Waals surface area (Å²) in [6.45, 7) is 0.697. The van der Waals surface area contributed by atoms with Gasteiger partial charge in [0, 0.05) is 12.1 Å². The summed E-state index contributed by atoms with van der Waals surface area (Å²) in [5.74, 6) is 1.54. The maximum atomic E-state index is 6.18. The minimum Gasteiger partial charge on any atom is -0.329 e. The molecule has 0 aliphatic heterocycles. The van der Waals surface area contributed by atoms with Gasteiger partial charge in [0.05, 0.1) is 0 Å². The van der Waals surface area contributed by atoms with Crippen molar-refractivity contribution in [3.05, 3.63) is 0 Å². The van der Waals surface area contributed by atoms with Crippen LogP contribution in [0.25, 0.3) is 0 Å². The van der Waals surface area contributed by atoms with Gasteiger partial charge in [0.2, 0.25) is 0 Å². The van der Waals surface area contributed by atoms with E-state index < -0.39 is 0 Å². The summed E-state index contributed by atoms with van der Waals surface area (Å²) in [6.07, 6.45) is 5.29. The molecule has 0 atom stereocenters. The summed E-state index contributed by atoms with van der Waals surface area (Å²) in [7, 11) is 0. The summed E-state index contributed by atoms with van der Waals surface area (Å²) in [5, 5.41) is 0. The van der Waals surface area contributed by atoms with E-state index >= 15 is 0 Å². The molecule has 0 unspecified atom stereocenters. The number of hydrogen-bond acceptors (Lipinski definition) is 2. The molecule has 58 valence electrons. The predicted molar refractivity (Wildman–Crippen MR) is 41.4 cm³/mol. The Labute approximate surface area is 62.0 Å². The topological polar surface area (TPSA) is 52.0 Å². The Morgan fingerprint density at radius 2 is 1.50 bits per heavy atom. The molecule has 2 nitrogen and oxygen atoms in total. The van der Waals surface area contributed by atoms with Gasteiger partial charge in [-0.3, -0.25) is 0 Å². The Balaban J connectivity index is 2.03. The fourth-order valence-corrected chi connectivity index (χ4v) is 1.91. The van der Waals surface area contributed by atoms with Crippen LogP contribution in [0.5, 0.6) is 0 Å². The zero-order valence-corrected chi connectivity index (χ0v) is 6.34. The SMILES string of the molecule is NCC(N)(C1CC1)C1CC1. The molecule has 0 heterocycles. The van der Waals surface area contributed by atoms with Crippen molar-refractivity contribution in [1.82, 2.24) is 0 Å². The fraction of sp³-hybridized carbons (Fsp3) is 1.00. The first kappa shape index (κ1) is 6.62. The molecule has 2 saturated carbocycles. The van der Waals surface area contributed by atoms with Crippen molar-refractivity contribution in [2.24, 2.45) is 23.3 Å². The van der Waals surface area contributed by atoms with E-state index in [1.54, 1.807) is 0 Å². The summed E-state index contributed by atoms with van der Waals surface area (Å²) in [4.78, 5) is 0. The second-order valence-corrected chi connectivity index (χ2v) is 3.87. The quantitative estimate of drug-likeness (QED) is 0.598. The lowest BCUT2D eigenvalue weighted by atomic mass is 9.89. The molecule has 0 aromatic rings. The van der Waals surface area contributed by atoms with Crippen LogP contribution in [0.2, 0.25) is 0 Å². The lowest BCUT2D eigenvalue weighted by Gasteiger charge is -2.27. The van der Waals surface area contributed by atoms with Crippen LogP contribution in [0.1, 0.15) is 25.7 Å². The molecule has 0 saturated heterocycles. The smallest absolute Gasteiger partial charge is 0.0335 e. The van der Waals surface area contributed by atoms with Crippen molar-refractivity contribution < 1.29 is 0 Å². The van der Waals surface area contributed by atoms with Crippen molar-refractivity contribution in [2.75, 3.05) is 6.54 Å². The highest BCUT2D eigenvalue weighted by Gasteiger charge is 2.50. The van der Waals surface area contributed by atoms with Gasteiger partial charge in [-0.1, -0.05) is 0 Å². The largest absolute Gasteiger partial charge is 0.329 e. The van der Waals surface area contributed by atoms with Crippen LogP contribution in [0, 0.1) is 11.8 Å². The monoisotopic (exact) mass is 140 g/mol. The van der Waals surface area contributed by atoms with Crippen LogP contribution in [-0.2, 0) is 0 Å². The van der Waals surface area contributed by atoms with Crippen molar-refractivity contribution in [3.8, 4) is 0 Å². The predicted octanol–water partition coefficient (Wildman–Crippen LogP) is 0.463. The summed E-state index contributed by atoms with van der Waals surface area (Å²) in [5.41, 5.74) is 11.9. The van der Waals surface area contributed by atoms with Gasteiger partial charge in [-0.15, -0.1) is 0 Å². The molecule has 0 amide bonds. The van der Waals surface area contributed by atoms with Crippen molar-refractivity contribution in [3.63, 3.8) is 0 Å². The summed E-state index contributed by atoms with van der Waals surface area (Å²) < 4.78 is 0. The van der Waals surface area contributed by atoms with E-state index in [4.69, 9.17) is 11.5 Å². The standard InChI is InChI=1S/C8H16N2/c9-5-8(10,6-1-2-6)7-3-4-7/h6-7H,1-5,9-10H2. The highest BCUT2D eigenvalue weighted by atomic mass is 14.9. The minimum absolute atomic E-state index is 0.0417. The Hall–Kier alpha value is -0.0800. The van der Waals surface area contributed by atoms with Crippen LogP contribution in [0.15, 0.2) is 0 Å². The second-order valence-electron chi connectivity index (χ2n) is 3.87. The van der Waals surface area contributed by atoms with E-state index in [0.717, 1.165) is 11.8 Å². The summed E-state index contributed by atoms with van der Waals surface area (Å²) >= 11 is 0. The van der Waals surface area contributed by atoms with E-state index in [9.17, 15) is 0 Å². The molecule has 2 aliphatic carbocycles. The number of nitrogens with two attached hydrogens (primary N) is 2. The molecule has 4 N–H and O–H groups in total. The highest BCUT2D eigenvalue weighted by molar-refractivity contribution is 5.07. The maximum absolute atomic E-state index is 6.18. The van der Waals surface area contributed by atoms with Gasteiger partial charge < -0.3 is 11.5 Å². The molecule has 0 spiro atoms. The van der Waals surface area contributed by atoms with E-state index in [2.05, 4.69) is 0 Å². The van der Waals surface area contributed by atoms with Crippen LogP contribution < -0.4 is 11.5 Å². The maximum Gasteiger partial charge on any atom is 0.0335 e. The highest BCUT2D eigenvalue weighted by Crippen LogP contribution is 2.49. The van der Waals surface area contributed by atoms with Gasteiger partial charge in [0.1, 0.15) is 0 Å². The normalized spacial score (nSPS) is 27.0. The molecular weight excluding hydrogens is 124 g/mol. The molecule has 0 bridgehead atoms. The van der Waals surface area contributed by atoms with Crippen LogP contribution >= 0.6 is 0 Å². The molecule has 2 fully saturated rings. The average Bonchev–Trinajstić information content (AvgIpc) is 2.73. The third-order valence-electron chi connectivity index (χ3n) is 3.03. The molecule has 0 radical (unpaired) electrons. The van der Waals surface area contributed by atoms with E-state index in [1.165, 1.54) is 25.7 Å². The first-order chi connectivity index (χ1) is 4.77. The lowest BCUT2D eigenvalue weighted by molar-refractivity contribution is 0.331.